The van der Waals surface area contributed by atoms with E-state index in [2.05, 4.69) is 59.7 Å². The highest BCUT2D eigenvalue weighted by Gasteiger charge is 2.03. The Morgan fingerprint density at radius 1 is 1.11 bits per heavy atom. The average molecular weight is 268 g/mol. The quantitative estimate of drug-likeness (QED) is 0.768. The minimum atomic E-state index is 0.961. The lowest BCUT2D eigenvalue weighted by atomic mass is 10.0. The van der Waals surface area contributed by atoms with Crippen LogP contribution in [0.5, 0.6) is 0 Å². The Balaban J connectivity index is 1.91. The van der Waals surface area contributed by atoms with Gasteiger partial charge in [0.15, 0.2) is 0 Å². The van der Waals surface area contributed by atoms with E-state index >= 15 is 0 Å². The van der Waals surface area contributed by atoms with Gasteiger partial charge in [-0.3, -0.25) is 0 Å². The molecule has 1 aromatic heterocycles. The zero-order valence-electron chi connectivity index (χ0n) is 11.1. The number of nitrogens with one attached hydrogen (secondary N) is 1. The predicted molar refractivity (Wildman–Crippen MR) is 83.2 cm³/mol. The molecule has 0 aliphatic heterocycles. The minimum absolute atomic E-state index is 0.961. The van der Waals surface area contributed by atoms with Crippen LogP contribution < -0.4 is 5.32 Å². The second-order valence-electron chi connectivity index (χ2n) is 4.66. The number of rotatable bonds is 3. The third-order valence-electron chi connectivity index (χ3n) is 3.18. The first-order valence-electron chi connectivity index (χ1n) is 6.37. The summed E-state index contributed by atoms with van der Waals surface area (Å²) >= 11 is 1.76. The summed E-state index contributed by atoms with van der Waals surface area (Å²) in [5.74, 6) is 0. The highest BCUT2D eigenvalue weighted by atomic mass is 32.1. The largest absolute Gasteiger partial charge is 0.388 e. The van der Waals surface area contributed by atoms with E-state index in [1.54, 1.807) is 11.3 Å². The number of anilines is 1. The van der Waals surface area contributed by atoms with Crippen LogP contribution in [0.25, 0.3) is 10.2 Å². The number of thiazole rings is 1. The van der Waals surface area contributed by atoms with Crippen LogP contribution in [0.2, 0.25) is 0 Å². The Labute approximate surface area is 117 Å². The van der Waals surface area contributed by atoms with Crippen molar-refractivity contribution >= 4 is 27.2 Å². The maximum Gasteiger partial charge on any atom is 0.0907 e. The number of nitrogens with zero attached hydrogens (tertiary/aromatic N) is 1. The Morgan fingerprint density at radius 3 is 2.79 bits per heavy atom. The standard InChI is InChI=1S/C16H16N2S/c1-11-18-15-7-6-13(10-16(15)19-11)8-12-4-3-5-14(9-12)17-2/h3-7,9-10,17H,8H2,1-2H3. The molecule has 96 valence electrons. The van der Waals surface area contributed by atoms with Gasteiger partial charge in [0, 0.05) is 12.7 Å². The van der Waals surface area contributed by atoms with E-state index in [4.69, 9.17) is 0 Å². The van der Waals surface area contributed by atoms with Crippen LogP contribution in [0, 0.1) is 6.92 Å². The van der Waals surface area contributed by atoms with E-state index in [9.17, 15) is 0 Å². The lowest BCUT2D eigenvalue weighted by molar-refractivity contribution is 1.20. The molecule has 1 heterocycles. The zero-order chi connectivity index (χ0) is 13.2. The fraction of sp³-hybridized carbons (Fsp3) is 0.188. The molecule has 19 heavy (non-hydrogen) atoms. The lowest BCUT2D eigenvalue weighted by Crippen LogP contribution is -1.91. The third kappa shape index (κ3) is 2.61. The molecule has 0 fully saturated rings. The van der Waals surface area contributed by atoms with Crippen LogP contribution in [-0.4, -0.2) is 12.0 Å². The Hall–Kier alpha value is -1.87. The van der Waals surface area contributed by atoms with Crippen LogP contribution in [0.3, 0.4) is 0 Å². The fourth-order valence-corrected chi connectivity index (χ4v) is 3.16. The van der Waals surface area contributed by atoms with Gasteiger partial charge in [-0.05, 0) is 48.7 Å². The number of hydrogen-bond acceptors (Lipinski definition) is 3. The lowest BCUT2D eigenvalue weighted by Gasteiger charge is -2.05. The number of benzene rings is 2. The van der Waals surface area contributed by atoms with Crippen molar-refractivity contribution in [2.75, 3.05) is 12.4 Å². The second-order valence-corrected chi connectivity index (χ2v) is 5.90. The zero-order valence-corrected chi connectivity index (χ0v) is 11.9. The van der Waals surface area contributed by atoms with Gasteiger partial charge in [0.05, 0.1) is 15.2 Å². The van der Waals surface area contributed by atoms with Gasteiger partial charge in [-0.2, -0.15) is 0 Å². The Morgan fingerprint density at radius 2 is 1.95 bits per heavy atom. The maximum atomic E-state index is 4.50. The summed E-state index contributed by atoms with van der Waals surface area (Å²) < 4.78 is 1.28. The van der Waals surface area contributed by atoms with Crippen LogP contribution in [0.15, 0.2) is 42.5 Å². The van der Waals surface area contributed by atoms with Crippen LogP contribution in [0.4, 0.5) is 5.69 Å². The van der Waals surface area contributed by atoms with Crippen LogP contribution >= 0.6 is 11.3 Å². The summed E-state index contributed by atoms with van der Waals surface area (Å²) in [7, 11) is 1.95. The molecule has 0 aliphatic rings. The molecule has 0 aliphatic carbocycles. The van der Waals surface area contributed by atoms with Crippen molar-refractivity contribution < 1.29 is 0 Å². The van der Waals surface area contributed by atoms with Crippen molar-refractivity contribution in [3.05, 3.63) is 58.6 Å². The monoisotopic (exact) mass is 268 g/mol. The number of aromatic nitrogens is 1. The van der Waals surface area contributed by atoms with Crippen molar-refractivity contribution in [2.45, 2.75) is 13.3 Å². The van der Waals surface area contributed by atoms with Gasteiger partial charge in [0.1, 0.15) is 0 Å². The summed E-state index contributed by atoms with van der Waals surface area (Å²) in [5, 5.41) is 4.31. The molecule has 0 spiro atoms. The van der Waals surface area contributed by atoms with Crippen LogP contribution in [-0.2, 0) is 6.42 Å². The Bertz CT molecular complexity index is 716. The molecule has 3 heteroatoms. The fourth-order valence-electron chi connectivity index (χ4n) is 2.27. The molecular weight excluding hydrogens is 252 g/mol. The number of hydrogen-bond donors (Lipinski definition) is 1. The summed E-state index contributed by atoms with van der Waals surface area (Å²) in [6.07, 6.45) is 0.961. The molecule has 1 N–H and O–H groups in total. The van der Waals surface area contributed by atoms with Gasteiger partial charge >= 0.3 is 0 Å². The SMILES string of the molecule is CNc1cccc(Cc2ccc3nc(C)sc3c2)c1. The molecule has 0 radical (unpaired) electrons. The van der Waals surface area contributed by atoms with E-state index in [1.807, 2.05) is 7.05 Å². The first-order valence-corrected chi connectivity index (χ1v) is 7.19. The van der Waals surface area contributed by atoms with E-state index in [-0.39, 0.29) is 0 Å². The molecule has 2 nitrogen and oxygen atoms in total. The molecule has 3 rings (SSSR count). The van der Waals surface area contributed by atoms with Gasteiger partial charge in [0.2, 0.25) is 0 Å². The van der Waals surface area contributed by atoms with E-state index < -0.39 is 0 Å². The Kier molecular flexibility index (Phi) is 3.22. The average Bonchev–Trinajstić information content (AvgIpc) is 2.78. The number of aryl methyl sites for hydroxylation is 1. The van der Waals surface area contributed by atoms with Crippen molar-refractivity contribution in [1.29, 1.82) is 0 Å². The topological polar surface area (TPSA) is 24.9 Å². The maximum absolute atomic E-state index is 4.50. The minimum Gasteiger partial charge on any atom is -0.388 e. The smallest absolute Gasteiger partial charge is 0.0907 e. The molecule has 0 saturated carbocycles. The molecule has 0 bridgehead atoms. The molecule has 0 unspecified atom stereocenters. The highest BCUT2D eigenvalue weighted by Crippen LogP contribution is 2.24. The predicted octanol–water partition coefficient (Wildman–Crippen LogP) is 4.24. The summed E-state index contributed by atoms with van der Waals surface area (Å²) in [4.78, 5) is 4.50. The van der Waals surface area contributed by atoms with Gasteiger partial charge in [-0.15, -0.1) is 11.3 Å². The van der Waals surface area contributed by atoms with Gasteiger partial charge in [-0.1, -0.05) is 18.2 Å². The summed E-state index contributed by atoms with van der Waals surface area (Å²) in [6, 6.07) is 15.1. The first-order chi connectivity index (χ1) is 9.24. The van der Waals surface area contributed by atoms with Crippen molar-refractivity contribution in [3.8, 4) is 0 Å². The first kappa shape index (κ1) is 12.2. The van der Waals surface area contributed by atoms with Crippen molar-refractivity contribution in [1.82, 2.24) is 4.98 Å². The van der Waals surface area contributed by atoms with Gasteiger partial charge in [-0.25, -0.2) is 4.98 Å². The van der Waals surface area contributed by atoms with Gasteiger partial charge < -0.3 is 5.32 Å². The molecule has 0 atom stereocenters. The third-order valence-corrected chi connectivity index (χ3v) is 4.12. The summed E-state index contributed by atoms with van der Waals surface area (Å²) in [5.41, 5.74) is 4.93. The molecule has 3 aromatic rings. The number of fused-ring (bicyclic) bond motifs is 1. The van der Waals surface area contributed by atoms with Crippen LogP contribution in [0.1, 0.15) is 16.1 Å². The molecule has 0 amide bonds. The molecule has 0 saturated heterocycles. The van der Waals surface area contributed by atoms with Gasteiger partial charge in [0.25, 0.3) is 0 Å². The van der Waals surface area contributed by atoms with E-state index in [1.165, 1.54) is 15.8 Å². The summed E-state index contributed by atoms with van der Waals surface area (Å²) in [6.45, 7) is 2.06. The normalized spacial score (nSPS) is 10.8. The highest BCUT2D eigenvalue weighted by molar-refractivity contribution is 7.18. The molecular formula is C16H16N2S. The van der Waals surface area contributed by atoms with Crippen molar-refractivity contribution in [2.24, 2.45) is 0 Å². The van der Waals surface area contributed by atoms with E-state index in [0.717, 1.165) is 22.6 Å². The second kappa shape index (κ2) is 5.02. The molecule has 2 aromatic carbocycles. The van der Waals surface area contributed by atoms with E-state index in [0.29, 0.717) is 0 Å². The van der Waals surface area contributed by atoms with Crippen molar-refractivity contribution in [3.63, 3.8) is 0 Å².